The van der Waals surface area contributed by atoms with Gasteiger partial charge in [-0.15, -0.1) is 0 Å². The second-order valence-electron chi connectivity index (χ2n) is 7.50. The number of carbonyl (C=O) groups excluding carboxylic acids is 1. The van der Waals surface area contributed by atoms with Gasteiger partial charge in [-0.2, -0.15) is 0 Å². The van der Waals surface area contributed by atoms with Gasteiger partial charge in [-0.1, -0.05) is 11.6 Å². The molecule has 4 rings (SSSR count). The van der Waals surface area contributed by atoms with Crippen LogP contribution in [-0.4, -0.2) is 58.3 Å². The number of halogens is 1. The van der Waals surface area contributed by atoms with Gasteiger partial charge in [0.2, 0.25) is 0 Å². The van der Waals surface area contributed by atoms with Crippen molar-refractivity contribution in [2.45, 2.75) is 13.0 Å². The predicted octanol–water partition coefficient (Wildman–Crippen LogP) is 2.97. The molecule has 31 heavy (non-hydrogen) atoms. The van der Waals surface area contributed by atoms with Crippen LogP contribution in [0.15, 0.2) is 42.7 Å². The molecular weight excluding hydrogens is 420 g/mol. The van der Waals surface area contributed by atoms with Gasteiger partial charge in [-0.05, 0) is 30.7 Å². The minimum absolute atomic E-state index is 0.0493. The lowest BCUT2D eigenvalue weighted by Gasteiger charge is -2.23. The van der Waals surface area contributed by atoms with E-state index in [0.29, 0.717) is 30.3 Å². The van der Waals surface area contributed by atoms with E-state index in [-0.39, 0.29) is 17.2 Å². The number of aromatic nitrogens is 2. The number of hydrogen-bond donors (Lipinski definition) is 1. The fourth-order valence-corrected chi connectivity index (χ4v) is 4.08. The number of pyridine rings is 1. The summed E-state index contributed by atoms with van der Waals surface area (Å²) in [6.07, 6.45) is 4.68. The molecular formula is C21H23ClN6O3. The fraction of sp³-hybridized carbons (Fsp3) is 0.333. The van der Waals surface area contributed by atoms with Crippen LogP contribution in [0.1, 0.15) is 22.5 Å². The zero-order valence-electron chi connectivity index (χ0n) is 17.1. The first kappa shape index (κ1) is 21.1. The number of nitro groups is 1. The number of carbonyl (C=O) groups is 1. The third kappa shape index (κ3) is 4.62. The second kappa shape index (κ2) is 8.91. The molecule has 10 heteroatoms. The van der Waals surface area contributed by atoms with Gasteiger partial charge >= 0.3 is 0 Å². The molecule has 0 atom stereocenters. The summed E-state index contributed by atoms with van der Waals surface area (Å²) in [4.78, 5) is 32.1. The Morgan fingerprint density at radius 2 is 2.03 bits per heavy atom. The maximum absolute atomic E-state index is 11.9. The highest BCUT2D eigenvalue weighted by atomic mass is 35.5. The smallest absolute Gasteiger partial charge is 0.293 e. The van der Waals surface area contributed by atoms with E-state index in [1.165, 1.54) is 13.1 Å². The molecule has 1 saturated heterocycles. The molecule has 0 unspecified atom stereocenters. The second-order valence-corrected chi connectivity index (χ2v) is 7.94. The van der Waals surface area contributed by atoms with Crippen molar-refractivity contribution in [3.05, 3.63) is 69.1 Å². The molecule has 0 saturated carbocycles. The van der Waals surface area contributed by atoms with E-state index in [2.05, 4.69) is 15.2 Å². The van der Waals surface area contributed by atoms with Crippen molar-refractivity contribution in [1.82, 2.24) is 19.6 Å². The lowest BCUT2D eigenvalue weighted by Crippen LogP contribution is -2.31. The van der Waals surface area contributed by atoms with Crippen LogP contribution in [0.4, 0.5) is 11.4 Å². The van der Waals surface area contributed by atoms with E-state index >= 15 is 0 Å². The van der Waals surface area contributed by atoms with Crippen LogP contribution in [0.3, 0.4) is 0 Å². The van der Waals surface area contributed by atoms with Crippen molar-refractivity contribution >= 4 is 34.5 Å². The number of benzene rings is 1. The summed E-state index contributed by atoms with van der Waals surface area (Å²) in [5.41, 5.74) is 2.58. The number of fused-ring (bicyclic) bond motifs is 1. The van der Waals surface area contributed by atoms with Crippen molar-refractivity contribution in [3.8, 4) is 0 Å². The molecule has 0 bridgehead atoms. The Morgan fingerprint density at radius 1 is 1.19 bits per heavy atom. The van der Waals surface area contributed by atoms with Crippen molar-refractivity contribution in [2.75, 3.05) is 38.1 Å². The molecule has 0 spiro atoms. The van der Waals surface area contributed by atoms with Gasteiger partial charge in [0.1, 0.15) is 11.3 Å². The number of rotatable bonds is 5. The molecule has 1 aromatic carbocycles. The first-order valence-electron chi connectivity index (χ1n) is 10.1. The van der Waals surface area contributed by atoms with Gasteiger partial charge in [0.05, 0.1) is 15.6 Å². The van der Waals surface area contributed by atoms with Gasteiger partial charge in [0.15, 0.2) is 0 Å². The third-order valence-electron chi connectivity index (χ3n) is 5.44. The van der Waals surface area contributed by atoms with Crippen LogP contribution in [0.25, 0.3) is 5.65 Å². The Balaban J connectivity index is 1.48. The lowest BCUT2D eigenvalue weighted by atomic mass is 10.1. The number of anilines is 1. The van der Waals surface area contributed by atoms with Gasteiger partial charge in [-0.3, -0.25) is 19.8 Å². The summed E-state index contributed by atoms with van der Waals surface area (Å²) in [6.45, 7) is 3.68. The first-order valence-corrected chi connectivity index (χ1v) is 10.4. The van der Waals surface area contributed by atoms with Crippen LogP contribution in [0.2, 0.25) is 5.02 Å². The molecule has 162 valence electrons. The fourth-order valence-electron chi connectivity index (χ4n) is 3.92. The number of imidazole rings is 1. The molecule has 1 fully saturated rings. The summed E-state index contributed by atoms with van der Waals surface area (Å²) in [5, 5.41) is 14.8. The van der Waals surface area contributed by atoms with Crippen molar-refractivity contribution in [1.29, 1.82) is 0 Å². The SMILES string of the molecule is CNC(=O)c1ccc(N2CCCN(Cc3cn4cc(Cl)ccc4n3)CC2)c([N+](=O)[O-])c1. The third-order valence-corrected chi connectivity index (χ3v) is 5.66. The number of nitrogens with one attached hydrogen (secondary N) is 1. The quantitative estimate of drug-likeness (QED) is 0.482. The van der Waals surface area contributed by atoms with Gasteiger partial charge < -0.3 is 14.6 Å². The Hall–Kier alpha value is -3.17. The molecule has 3 aromatic rings. The number of hydrogen-bond acceptors (Lipinski definition) is 6. The first-order chi connectivity index (χ1) is 14.9. The largest absolute Gasteiger partial charge is 0.365 e. The summed E-state index contributed by atoms with van der Waals surface area (Å²) < 4.78 is 1.92. The normalized spacial score (nSPS) is 15.1. The van der Waals surface area contributed by atoms with Gasteiger partial charge in [0, 0.05) is 63.8 Å². The molecule has 0 aliphatic carbocycles. The molecule has 3 heterocycles. The minimum atomic E-state index is -0.424. The molecule has 1 aliphatic rings. The molecule has 1 aliphatic heterocycles. The Labute approximate surface area is 184 Å². The zero-order chi connectivity index (χ0) is 22.0. The topological polar surface area (TPSA) is 96.0 Å². The Morgan fingerprint density at radius 3 is 2.81 bits per heavy atom. The van der Waals surface area contributed by atoms with Crippen molar-refractivity contribution < 1.29 is 9.72 Å². The van der Waals surface area contributed by atoms with E-state index in [1.807, 2.05) is 33.8 Å². The average molecular weight is 443 g/mol. The molecule has 9 nitrogen and oxygen atoms in total. The molecule has 1 amide bonds. The van der Waals surface area contributed by atoms with E-state index in [0.717, 1.165) is 30.9 Å². The predicted molar refractivity (Wildman–Crippen MR) is 119 cm³/mol. The van der Waals surface area contributed by atoms with E-state index < -0.39 is 4.92 Å². The standard InChI is InChI=1S/C21H23ClN6O3/c1-23-21(29)15-3-5-18(19(11-15)28(30)31)26-8-2-7-25(9-10-26)13-17-14-27-12-16(22)4-6-20(27)24-17/h3-6,11-12,14H,2,7-10,13H2,1H3,(H,23,29). The zero-order valence-corrected chi connectivity index (χ0v) is 17.9. The highest BCUT2D eigenvalue weighted by Gasteiger charge is 2.24. The molecule has 1 N–H and O–H groups in total. The highest BCUT2D eigenvalue weighted by Crippen LogP contribution is 2.30. The van der Waals surface area contributed by atoms with Gasteiger partial charge in [-0.25, -0.2) is 4.98 Å². The molecule has 2 aromatic heterocycles. The monoisotopic (exact) mass is 442 g/mol. The summed E-state index contributed by atoms with van der Waals surface area (Å²) >= 11 is 6.05. The highest BCUT2D eigenvalue weighted by molar-refractivity contribution is 6.30. The Kier molecular flexibility index (Phi) is 6.06. The number of nitro benzene ring substituents is 1. The number of amides is 1. The van der Waals surface area contributed by atoms with Crippen LogP contribution in [0.5, 0.6) is 0 Å². The maximum Gasteiger partial charge on any atom is 0.293 e. The minimum Gasteiger partial charge on any atom is -0.365 e. The summed E-state index contributed by atoms with van der Waals surface area (Å²) in [7, 11) is 1.50. The summed E-state index contributed by atoms with van der Waals surface area (Å²) in [5.74, 6) is -0.342. The lowest BCUT2D eigenvalue weighted by molar-refractivity contribution is -0.384. The maximum atomic E-state index is 11.9. The van der Waals surface area contributed by atoms with E-state index in [9.17, 15) is 14.9 Å². The molecule has 0 radical (unpaired) electrons. The Bertz CT molecular complexity index is 1130. The van der Waals surface area contributed by atoms with Crippen LogP contribution < -0.4 is 10.2 Å². The van der Waals surface area contributed by atoms with Crippen LogP contribution >= 0.6 is 11.6 Å². The van der Waals surface area contributed by atoms with Gasteiger partial charge in [0.25, 0.3) is 11.6 Å². The van der Waals surface area contributed by atoms with E-state index in [4.69, 9.17) is 11.6 Å². The summed E-state index contributed by atoms with van der Waals surface area (Å²) in [6, 6.07) is 8.35. The number of nitrogens with zero attached hydrogens (tertiary/aromatic N) is 5. The van der Waals surface area contributed by atoms with Crippen molar-refractivity contribution in [2.24, 2.45) is 0 Å². The van der Waals surface area contributed by atoms with E-state index in [1.54, 1.807) is 12.1 Å². The van der Waals surface area contributed by atoms with Crippen molar-refractivity contribution in [3.63, 3.8) is 0 Å². The average Bonchev–Trinajstić information content (AvgIpc) is 3.00. The van der Waals surface area contributed by atoms with Crippen LogP contribution in [0, 0.1) is 10.1 Å². The van der Waals surface area contributed by atoms with Crippen LogP contribution in [-0.2, 0) is 6.54 Å².